The number of aromatic nitrogens is 1. The van der Waals surface area contributed by atoms with Crippen LogP contribution in [0.3, 0.4) is 0 Å². The van der Waals surface area contributed by atoms with Crippen LogP contribution in [0, 0.1) is 0 Å². The van der Waals surface area contributed by atoms with Gasteiger partial charge in [-0.3, -0.25) is 19.1 Å². The molecule has 0 atom stereocenters. The Hall–Kier alpha value is -3.49. The van der Waals surface area contributed by atoms with E-state index in [1.165, 1.54) is 0 Å². The second kappa shape index (κ2) is 9.64. The van der Waals surface area contributed by atoms with Gasteiger partial charge in [-0.05, 0) is 73.7 Å². The highest BCUT2D eigenvalue weighted by Crippen LogP contribution is 2.21. The molecule has 0 bridgehead atoms. The Kier molecular flexibility index (Phi) is 6.40. The summed E-state index contributed by atoms with van der Waals surface area (Å²) in [5.74, 6) is -0.498. The average molecular weight is 534 g/mol. The average Bonchev–Trinajstić information content (AvgIpc) is 3.18. The number of carbonyl (C=O) groups is 2. The number of oxazole rings is 1. The van der Waals surface area contributed by atoms with Gasteiger partial charge in [-0.1, -0.05) is 15.9 Å². The Bertz CT molecular complexity index is 1450. The molecular formula is C27H24BrN3O4. The van der Waals surface area contributed by atoms with Crippen molar-refractivity contribution in [2.24, 2.45) is 0 Å². The number of carbonyl (C=O) groups excluding carboxylic acids is 2. The first-order valence-corrected chi connectivity index (χ1v) is 12.2. The van der Waals surface area contributed by atoms with Crippen LogP contribution in [-0.4, -0.2) is 47.2 Å². The number of fused-ring (bicyclic) bond motifs is 1. The summed E-state index contributed by atoms with van der Waals surface area (Å²) in [6.45, 7) is 5.19. The molecule has 1 aromatic heterocycles. The predicted molar refractivity (Wildman–Crippen MR) is 138 cm³/mol. The zero-order valence-corrected chi connectivity index (χ0v) is 20.8. The summed E-state index contributed by atoms with van der Waals surface area (Å²) >= 11 is 3.38. The van der Waals surface area contributed by atoms with Gasteiger partial charge in [0, 0.05) is 53.0 Å². The van der Waals surface area contributed by atoms with E-state index in [-0.39, 0.29) is 11.6 Å². The summed E-state index contributed by atoms with van der Waals surface area (Å²) in [4.78, 5) is 41.4. The molecule has 0 aliphatic carbocycles. The first kappa shape index (κ1) is 23.3. The highest BCUT2D eigenvalue weighted by Gasteiger charge is 2.20. The topological polar surface area (TPSA) is 75.8 Å². The van der Waals surface area contributed by atoms with Crippen LogP contribution < -0.4 is 10.7 Å². The lowest BCUT2D eigenvalue weighted by Gasteiger charge is -2.36. The van der Waals surface area contributed by atoms with Crippen LogP contribution in [0.5, 0.6) is 0 Å². The largest absolute Gasteiger partial charge is 0.421 e. The lowest BCUT2D eigenvalue weighted by Crippen LogP contribution is -2.47. The van der Waals surface area contributed by atoms with E-state index in [1.54, 1.807) is 41.8 Å². The second-order valence-electron chi connectivity index (χ2n) is 8.66. The van der Waals surface area contributed by atoms with E-state index in [4.69, 9.17) is 4.42 Å². The molecular weight excluding hydrogens is 510 g/mol. The minimum atomic E-state index is -0.435. The van der Waals surface area contributed by atoms with Crippen molar-refractivity contribution >= 4 is 44.3 Å². The summed E-state index contributed by atoms with van der Waals surface area (Å²) in [7, 11) is 0. The monoisotopic (exact) mass is 533 g/mol. The minimum Gasteiger partial charge on any atom is -0.408 e. The number of hydrogen-bond donors (Lipinski definition) is 0. The summed E-state index contributed by atoms with van der Waals surface area (Å²) in [6.07, 6.45) is 0. The van der Waals surface area contributed by atoms with Gasteiger partial charge in [-0.2, -0.15) is 0 Å². The quantitative estimate of drug-likeness (QED) is 0.338. The molecule has 1 aliphatic heterocycles. The predicted octanol–water partition coefficient (Wildman–Crippen LogP) is 4.57. The van der Waals surface area contributed by atoms with Crippen molar-refractivity contribution in [3.63, 3.8) is 0 Å². The van der Waals surface area contributed by atoms with Crippen molar-refractivity contribution < 1.29 is 14.0 Å². The number of ketones is 2. The number of benzene rings is 3. The van der Waals surface area contributed by atoms with Gasteiger partial charge < -0.3 is 9.32 Å². The van der Waals surface area contributed by atoms with E-state index in [2.05, 4.69) is 25.7 Å². The normalized spacial score (nSPS) is 14.4. The standard InChI is InChI=1S/C27H24BrN3O4/c1-18(32)19-4-9-23(10-5-19)30-14-12-29(13-15-30)17-31-24-11-6-21(16-25(24)35-27(31)34)26(33)20-2-7-22(28)8-3-20/h2-11,16H,12-15,17H2,1H3. The van der Waals surface area contributed by atoms with Crippen molar-refractivity contribution in [1.82, 2.24) is 9.47 Å². The molecule has 7 nitrogen and oxygen atoms in total. The first-order valence-electron chi connectivity index (χ1n) is 11.4. The molecule has 4 aromatic rings. The van der Waals surface area contributed by atoms with Crippen LogP contribution in [0.4, 0.5) is 5.69 Å². The van der Waals surface area contributed by atoms with Crippen molar-refractivity contribution in [1.29, 1.82) is 0 Å². The number of nitrogens with zero attached hydrogens (tertiary/aromatic N) is 3. The molecule has 1 aliphatic rings. The van der Waals surface area contributed by atoms with Crippen molar-refractivity contribution in [3.8, 4) is 0 Å². The van der Waals surface area contributed by atoms with Gasteiger partial charge in [0.05, 0.1) is 12.2 Å². The van der Waals surface area contributed by atoms with Crippen LogP contribution in [0.2, 0.25) is 0 Å². The highest BCUT2D eigenvalue weighted by atomic mass is 79.9. The van der Waals surface area contributed by atoms with Gasteiger partial charge >= 0.3 is 5.76 Å². The number of anilines is 1. The van der Waals surface area contributed by atoms with Crippen LogP contribution in [0.1, 0.15) is 33.2 Å². The third kappa shape index (κ3) is 4.85. The Morgan fingerprint density at radius 3 is 2.14 bits per heavy atom. The minimum absolute atomic E-state index is 0.0592. The van der Waals surface area contributed by atoms with E-state index in [9.17, 15) is 14.4 Å². The van der Waals surface area contributed by atoms with Gasteiger partial charge in [0.15, 0.2) is 17.1 Å². The van der Waals surface area contributed by atoms with Crippen molar-refractivity contribution in [2.45, 2.75) is 13.6 Å². The lowest BCUT2D eigenvalue weighted by molar-refractivity contribution is 0.101. The molecule has 0 spiro atoms. The second-order valence-corrected chi connectivity index (χ2v) is 9.58. The van der Waals surface area contributed by atoms with Gasteiger partial charge in [-0.15, -0.1) is 0 Å². The summed E-state index contributed by atoms with van der Waals surface area (Å²) < 4.78 is 8.00. The summed E-state index contributed by atoms with van der Waals surface area (Å²) in [5, 5.41) is 0. The molecule has 2 heterocycles. The molecule has 3 aromatic carbocycles. The maximum Gasteiger partial charge on any atom is 0.421 e. The maximum atomic E-state index is 12.8. The molecule has 8 heteroatoms. The molecule has 0 unspecified atom stereocenters. The van der Waals surface area contributed by atoms with Crippen LogP contribution in [0.25, 0.3) is 11.1 Å². The van der Waals surface area contributed by atoms with Crippen LogP contribution in [0.15, 0.2) is 80.4 Å². The van der Waals surface area contributed by atoms with Gasteiger partial charge in [0.1, 0.15) is 0 Å². The van der Waals surface area contributed by atoms with Crippen molar-refractivity contribution in [2.75, 3.05) is 31.1 Å². The van der Waals surface area contributed by atoms with Gasteiger partial charge in [0.2, 0.25) is 0 Å². The SMILES string of the molecule is CC(=O)c1ccc(N2CCN(Cn3c(=O)oc4cc(C(=O)c5ccc(Br)cc5)ccc43)CC2)cc1. The Morgan fingerprint density at radius 1 is 0.857 bits per heavy atom. The third-order valence-electron chi connectivity index (χ3n) is 6.39. The Balaban J connectivity index is 1.28. The number of piperazine rings is 1. The number of rotatable bonds is 6. The van der Waals surface area contributed by atoms with Crippen LogP contribution in [-0.2, 0) is 6.67 Å². The highest BCUT2D eigenvalue weighted by molar-refractivity contribution is 9.10. The molecule has 1 fully saturated rings. The Labute approximate surface area is 210 Å². The number of Topliss-reactive ketones (excluding diaryl/α,β-unsaturated/α-hetero) is 1. The molecule has 0 amide bonds. The zero-order valence-electron chi connectivity index (χ0n) is 19.2. The fraction of sp³-hybridized carbons (Fsp3) is 0.222. The molecule has 5 rings (SSSR count). The van der Waals surface area contributed by atoms with E-state index in [0.717, 1.165) is 36.3 Å². The molecule has 0 N–H and O–H groups in total. The maximum absolute atomic E-state index is 12.8. The summed E-state index contributed by atoms with van der Waals surface area (Å²) in [6, 6.07) is 20.0. The summed E-state index contributed by atoms with van der Waals surface area (Å²) in [5.41, 5.74) is 3.92. The first-order chi connectivity index (χ1) is 16.9. The smallest absolute Gasteiger partial charge is 0.408 e. The van der Waals surface area contributed by atoms with E-state index in [1.807, 2.05) is 36.4 Å². The molecule has 35 heavy (non-hydrogen) atoms. The van der Waals surface area contributed by atoms with Gasteiger partial charge in [-0.25, -0.2) is 4.79 Å². The third-order valence-corrected chi connectivity index (χ3v) is 6.92. The Morgan fingerprint density at radius 2 is 1.49 bits per heavy atom. The van der Waals surface area contributed by atoms with Crippen LogP contribution >= 0.6 is 15.9 Å². The number of hydrogen-bond acceptors (Lipinski definition) is 6. The number of halogens is 1. The fourth-order valence-corrected chi connectivity index (χ4v) is 4.63. The van der Waals surface area contributed by atoms with E-state index < -0.39 is 5.76 Å². The van der Waals surface area contributed by atoms with E-state index in [0.29, 0.717) is 34.5 Å². The lowest BCUT2D eigenvalue weighted by atomic mass is 10.0. The molecule has 0 radical (unpaired) electrons. The molecule has 1 saturated heterocycles. The van der Waals surface area contributed by atoms with Crippen molar-refractivity contribution in [3.05, 3.63) is 98.4 Å². The van der Waals surface area contributed by atoms with Gasteiger partial charge in [0.25, 0.3) is 0 Å². The molecule has 178 valence electrons. The zero-order chi connectivity index (χ0) is 24.5. The fourth-order valence-electron chi connectivity index (χ4n) is 4.36. The molecule has 0 saturated carbocycles. The van der Waals surface area contributed by atoms with E-state index >= 15 is 0 Å².